The predicted octanol–water partition coefficient (Wildman–Crippen LogP) is 14.3. The van der Waals surface area contributed by atoms with Crippen molar-refractivity contribution in [2.75, 3.05) is 19.8 Å². The molecule has 2 heteroatoms. The summed E-state index contributed by atoms with van der Waals surface area (Å²) in [5, 5.41) is 0. The molecule has 2 nitrogen and oxygen atoms in total. The van der Waals surface area contributed by atoms with E-state index in [1.807, 2.05) is 0 Å². The van der Waals surface area contributed by atoms with Crippen LogP contribution in [0.1, 0.15) is 205 Å². The Kier molecular flexibility index (Phi) is 30.0. The molecule has 0 saturated heterocycles. The van der Waals surface area contributed by atoms with Crippen molar-refractivity contribution in [3.8, 4) is 0 Å². The number of rotatable bonds is 33. The van der Waals surface area contributed by atoms with Gasteiger partial charge in [0.2, 0.25) is 0 Å². The fourth-order valence-electron chi connectivity index (χ4n) is 6.93. The first-order valence-corrected chi connectivity index (χ1v) is 20.6. The van der Waals surface area contributed by atoms with Crippen molar-refractivity contribution in [3.63, 3.8) is 0 Å². The highest BCUT2D eigenvalue weighted by Crippen LogP contribution is 2.24. The van der Waals surface area contributed by atoms with E-state index >= 15 is 0 Å². The van der Waals surface area contributed by atoms with Crippen LogP contribution in [0.4, 0.5) is 0 Å². The predicted molar refractivity (Wildman–Crippen MR) is 203 cm³/mol. The molecule has 0 aliphatic rings. The van der Waals surface area contributed by atoms with Crippen molar-refractivity contribution in [2.45, 2.75) is 211 Å². The molecule has 0 heterocycles. The van der Waals surface area contributed by atoms with Crippen LogP contribution >= 0.6 is 0 Å². The van der Waals surface area contributed by atoms with Gasteiger partial charge in [0.25, 0.3) is 0 Å². The lowest BCUT2D eigenvalue weighted by Gasteiger charge is -2.18. The van der Waals surface area contributed by atoms with Gasteiger partial charge in [-0.2, -0.15) is 0 Å². The first kappa shape index (κ1) is 44.9. The van der Waals surface area contributed by atoms with E-state index in [9.17, 15) is 0 Å². The summed E-state index contributed by atoms with van der Waals surface area (Å²) in [4.78, 5) is 0. The van der Waals surface area contributed by atoms with Crippen LogP contribution in [0.5, 0.6) is 0 Å². The zero-order valence-electron chi connectivity index (χ0n) is 33.3. The normalized spacial score (nSPS) is 17.0. The topological polar surface area (TPSA) is 18.5 Å². The van der Waals surface area contributed by atoms with E-state index < -0.39 is 0 Å². The van der Waals surface area contributed by atoms with Gasteiger partial charge in [-0.1, -0.05) is 185 Å². The molecule has 0 spiro atoms. The van der Waals surface area contributed by atoms with E-state index in [2.05, 4.69) is 76.2 Å². The second-order valence-corrected chi connectivity index (χ2v) is 17.3. The lowest BCUT2D eigenvalue weighted by molar-refractivity contribution is -0.0132. The quantitative estimate of drug-likeness (QED) is 0.0667. The molecule has 0 aromatic rings. The summed E-state index contributed by atoms with van der Waals surface area (Å²) in [5.41, 5.74) is 0. The molecule has 0 aromatic heterocycles. The van der Waals surface area contributed by atoms with Gasteiger partial charge in [-0.3, -0.25) is 0 Å². The zero-order chi connectivity index (χ0) is 33.9. The minimum Gasteiger partial charge on any atom is -0.379 e. The summed E-state index contributed by atoms with van der Waals surface area (Å²) in [5.74, 6) is 6.84. The molecule has 45 heavy (non-hydrogen) atoms. The average molecular weight is 637 g/mol. The van der Waals surface area contributed by atoms with Gasteiger partial charge in [0, 0.05) is 13.2 Å². The van der Waals surface area contributed by atoms with E-state index in [-0.39, 0.29) is 6.10 Å². The van der Waals surface area contributed by atoms with Gasteiger partial charge in [-0.05, 0) is 67.1 Å². The Morgan fingerprint density at radius 1 is 0.311 bits per heavy atom. The Bertz CT molecular complexity index is 601. The van der Waals surface area contributed by atoms with E-state index in [0.29, 0.717) is 0 Å². The average Bonchev–Trinajstić information content (AvgIpc) is 2.95. The van der Waals surface area contributed by atoms with Crippen LogP contribution in [0, 0.1) is 47.3 Å². The fourth-order valence-corrected chi connectivity index (χ4v) is 6.93. The van der Waals surface area contributed by atoms with E-state index in [1.54, 1.807) is 0 Å². The molecule has 0 N–H and O–H groups in total. The molecule has 0 aliphatic heterocycles. The van der Waals surface area contributed by atoms with Crippen LogP contribution in [0.25, 0.3) is 0 Å². The Hall–Kier alpha value is -0.0800. The third-order valence-electron chi connectivity index (χ3n) is 10.7. The van der Waals surface area contributed by atoms with Crippen molar-refractivity contribution >= 4 is 0 Å². The summed E-state index contributed by atoms with van der Waals surface area (Å²) in [6.45, 7) is 28.7. The molecule has 0 aromatic carbocycles. The third kappa shape index (κ3) is 32.3. The zero-order valence-corrected chi connectivity index (χ0v) is 33.3. The summed E-state index contributed by atoms with van der Waals surface area (Å²) < 4.78 is 12.1. The minimum absolute atomic E-state index is 0.207. The molecule has 0 fully saturated rings. The SMILES string of the molecule is CC(C)CCC[C@H](C)CCC[C@H](C)CCC[C@H](C)CCOC[C@@H](C)OCC[C@@H](C)CCC[C@@H](C)CCC[C@@H](C)CCCC(C)C. The van der Waals surface area contributed by atoms with Gasteiger partial charge in [-0.25, -0.2) is 0 Å². The standard InChI is InChI=1S/C43H88O2/c1-35(2)18-12-20-37(5)22-14-24-39(7)26-16-28-41(9)30-32-44-34-43(11)45-33-31-42(10)29-17-27-40(8)25-15-23-38(6)21-13-19-36(3)4/h35-43H,12-34H2,1-11H3/t37-,38-,39-,40-,41-,42-,43+/m0/s1. The number of hydrogen-bond acceptors (Lipinski definition) is 2. The van der Waals surface area contributed by atoms with Crippen molar-refractivity contribution in [3.05, 3.63) is 0 Å². The molecule has 0 rings (SSSR count). The number of ether oxygens (including phenoxy) is 2. The minimum atomic E-state index is 0.207. The Morgan fingerprint density at radius 3 is 0.889 bits per heavy atom. The Labute approximate surface area is 286 Å². The smallest absolute Gasteiger partial charge is 0.0780 e. The van der Waals surface area contributed by atoms with Gasteiger partial charge < -0.3 is 9.47 Å². The van der Waals surface area contributed by atoms with Crippen LogP contribution in [0.15, 0.2) is 0 Å². The van der Waals surface area contributed by atoms with Gasteiger partial charge >= 0.3 is 0 Å². The molecular weight excluding hydrogens is 548 g/mol. The molecule has 0 radical (unpaired) electrons. The van der Waals surface area contributed by atoms with E-state index in [4.69, 9.17) is 9.47 Å². The van der Waals surface area contributed by atoms with Crippen molar-refractivity contribution < 1.29 is 9.47 Å². The molecule has 0 bridgehead atoms. The van der Waals surface area contributed by atoms with Crippen LogP contribution in [-0.2, 0) is 9.47 Å². The van der Waals surface area contributed by atoms with Gasteiger partial charge in [0.1, 0.15) is 0 Å². The monoisotopic (exact) mass is 637 g/mol. The van der Waals surface area contributed by atoms with Crippen LogP contribution < -0.4 is 0 Å². The third-order valence-corrected chi connectivity index (χ3v) is 10.7. The van der Waals surface area contributed by atoms with Gasteiger partial charge in [0.05, 0.1) is 12.7 Å². The second kappa shape index (κ2) is 30.0. The first-order valence-electron chi connectivity index (χ1n) is 20.6. The van der Waals surface area contributed by atoms with E-state index in [1.165, 1.54) is 128 Å². The summed E-state index contributed by atoms with van der Waals surface area (Å²) in [6, 6.07) is 0. The van der Waals surface area contributed by atoms with Crippen LogP contribution in [-0.4, -0.2) is 25.9 Å². The van der Waals surface area contributed by atoms with Crippen LogP contribution in [0.2, 0.25) is 0 Å². The van der Waals surface area contributed by atoms with Crippen molar-refractivity contribution in [1.29, 1.82) is 0 Å². The molecule has 0 saturated carbocycles. The number of hydrogen-bond donors (Lipinski definition) is 0. The Morgan fingerprint density at radius 2 is 0.578 bits per heavy atom. The molecule has 0 aliphatic carbocycles. The van der Waals surface area contributed by atoms with Crippen LogP contribution in [0.3, 0.4) is 0 Å². The van der Waals surface area contributed by atoms with Crippen molar-refractivity contribution in [2.24, 2.45) is 47.3 Å². The largest absolute Gasteiger partial charge is 0.379 e. The lowest BCUT2D eigenvalue weighted by atomic mass is 9.91. The summed E-state index contributed by atoms with van der Waals surface area (Å²) in [6.07, 6.45) is 27.8. The van der Waals surface area contributed by atoms with E-state index in [0.717, 1.165) is 67.2 Å². The molecule has 0 amide bonds. The molecule has 272 valence electrons. The maximum Gasteiger partial charge on any atom is 0.0780 e. The molecular formula is C43H88O2. The highest BCUT2D eigenvalue weighted by molar-refractivity contribution is 4.63. The molecule has 0 unspecified atom stereocenters. The maximum atomic E-state index is 6.11. The first-order chi connectivity index (χ1) is 21.4. The summed E-state index contributed by atoms with van der Waals surface area (Å²) in [7, 11) is 0. The second-order valence-electron chi connectivity index (χ2n) is 17.3. The highest BCUT2D eigenvalue weighted by Gasteiger charge is 2.11. The molecule has 7 atom stereocenters. The highest BCUT2D eigenvalue weighted by atomic mass is 16.5. The summed E-state index contributed by atoms with van der Waals surface area (Å²) >= 11 is 0. The van der Waals surface area contributed by atoms with Gasteiger partial charge in [0.15, 0.2) is 0 Å². The van der Waals surface area contributed by atoms with Gasteiger partial charge in [-0.15, -0.1) is 0 Å². The fraction of sp³-hybridized carbons (Fsp3) is 1.00. The maximum absolute atomic E-state index is 6.11. The lowest BCUT2D eigenvalue weighted by Crippen LogP contribution is -2.18. The van der Waals surface area contributed by atoms with Crippen molar-refractivity contribution in [1.82, 2.24) is 0 Å². The Balaban J connectivity index is 3.66.